The molecule has 1 aromatic heterocycles. The minimum absolute atomic E-state index is 0.731. The average molecular weight is 374 g/mol. The van der Waals surface area contributed by atoms with Gasteiger partial charge in [0.1, 0.15) is 5.82 Å². The molecule has 0 radical (unpaired) electrons. The van der Waals surface area contributed by atoms with Crippen LogP contribution in [0.15, 0.2) is 72.8 Å². The predicted molar refractivity (Wildman–Crippen MR) is 113 cm³/mol. The van der Waals surface area contributed by atoms with Crippen LogP contribution in [0, 0.1) is 6.92 Å². The lowest BCUT2D eigenvalue weighted by molar-refractivity contribution is 1.01. The summed E-state index contributed by atoms with van der Waals surface area (Å²) >= 11 is 6.27. The summed E-state index contributed by atoms with van der Waals surface area (Å²) in [7, 11) is 0. The molecule has 134 valence electrons. The van der Waals surface area contributed by atoms with Gasteiger partial charge in [-0.15, -0.1) is 0 Å². The highest BCUT2D eigenvalue weighted by Gasteiger charge is 2.09. The zero-order valence-corrected chi connectivity index (χ0v) is 15.9. The maximum atomic E-state index is 6.27. The van der Waals surface area contributed by atoms with E-state index in [1.165, 1.54) is 5.56 Å². The van der Waals surface area contributed by atoms with Crippen LogP contribution in [0.25, 0.3) is 22.3 Å². The summed E-state index contributed by atoms with van der Waals surface area (Å²) in [6.45, 7) is 2.82. The molecule has 1 N–H and O–H groups in total. The highest BCUT2D eigenvalue weighted by Crippen LogP contribution is 2.25. The first-order valence-electron chi connectivity index (χ1n) is 9.02. The molecular weight excluding hydrogens is 354 g/mol. The molecule has 0 saturated heterocycles. The summed E-state index contributed by atoms with van der Waals surface area (Å²) in [5.41, 5.74) is 4.30. The molecule has 4 heteroatoms. The Kier molecular flexibility index (Phi) is 5.03. The van der Waals surface area contributed by atoms with E-state index in [2.05, 4.69) is 42.6 Å². The third kappa shape index (κ3) is 3.93. The van der Waals surface area contributed by atoms with Gasteiger partial charge in [0.05, 0.1) is 5.52 Å². The lowest BCUT2D eigenvalue weighted by Gasteiger charge is -2.12. The number of aromatic nitrogens is 2. The Bertz CT molecular complexity index is 1070. The first kappa shape index (κ1) is 17.5. The van der Waals surface area contributed by atoms with Gasteiger partial charge in [0.25, 0.3) is 0 Å². The van der Waals surface area contributed by atoms with Crippen molar-refractivity contribution in [1.82, 2.24) is 9.97 Å². The van der Waals surface area contributed by atoms with Crippen LogP contribution in [-0.4, -0.2) is 16.5 Å². The molecule has 0 spiro atoms. The quantitative estimate of drug-likeness (QED) is 0.472. The van der Waals surface area contributed by atoms with Crippen LogP contribution in [0.1, 0.15) is 11.1 Å². The second-order valence-corrected chi connectivity index (χ2v) is 6.95. The van der Waals surface area contributed by atoms with Gasteiger partial charge in [0.2, 0.25) is 0 Å². The Balaban J connectivity index is 1.64. The lowest BCUT2D eigenvalue weighted by atomic mass is 10.1. The Hall–Kier alpha value is -2.91. The van der Waals surface area contributed by atoms with E-state index in [-0.39, 0.29) is 0 Å². The van der Waals surface area contributed by atoms with E-state index in [0.29, 0.717) is 0 Å². The van der Waals surface area contributed by atoms with Crippen molar-refractivity contribution in [3.05, 3.63) is 88.9 Å². The summed E-state index contributed by atoms with van der Waals surface area (Å²) in [6, 6.07) is 24.3. The summed E-state index contributed by atoms with van der Waals surface area (Å²) in [6.07, 6.45) is 0.831. The molecule has 4 aromatic rings. The number of hydrogen-bond donors (Lipinski definition) is 1. The Morgan fingerprint density at radius 1 is 0.852 bits per heavy atom. The smallest absolute Gasteiger partial charge is 0.162 e. The highest BCUT2D eigenvalue weighted by molar-refractivity contribution is 6.31. The van der Waals surface area contributed by atoms with E-state index >= 15 is 0 Å². The maximum absolute atomic E-state index is 6.27. The van der Waals surface area contributed by atoms with Crippen molar-refractivity contribution in [2.75, 3.05) is 11.9 Å². The fourth-order valence-corrected chi connectivity index (χ4v) is 3.29. The van der Waals surface area contributed by atoms with Crippen LogP contribution in [0.4, 0.5) is 5.82 Å². The molecule has 0 saturated carbocycles. The molecule has 27 heavy (non-hydrogen) atoms. The Morgan fingerprint density at radius 2 is 1.59 bits per heavy atom. The third-order valence-corrected chi connectivity index (χ3v) is 4.93. The molecule has 0 fully saturated rings. The third-order valence-electron chi connectivity index (χ3n) is 4.56. The summed E-state index contributed by atoms with van der Waals surface area (Å²) in [5.74, 6) is 1.58. The number of nitrogens with zero attached hydrogens (tertiary/aromatic N) is 2. The highest BCUT2D eigenvalue weighted by atomic mass is 35.5. The van der Waals surface area contributed by atoms with Crippen molar-refractivity contribution < 1.29 is 0 Å². The molecule has 0 atom stereocenters. The second kappa shape index (κ2) is 7.77. The number of aryl methyl sites for hydroxylation is 1. The standard InChI is InChI=1S/C23H20ClN3/c1-16-10-12-18(13-11-16)22-26-21-9-5-3-7-19(21)23(27-22)25-15-14-17-6-2-4-8-20(17)24/h2-13H,14-15H2,1H3,(H,25,26,27). The molecule has 0 amide bonds. The number of anilines is 1. The molecule has 0 aliphatic heterocycles. The molecular formula is C23H20ClN3. The first-order valence-corrected chi connectivity index (χ1v) is 9.39. The van der Waals surface area contributed by atoms with Crippen molar-refractivity contribution in [3.63, 3.8) is 0 Å². The number of nitrogens with one attached hydrogen (secondary N) is 1. The van der Waals surface area contributed by atoms with E-state index < -0.39 is 0 Å². The second-order valence-electron chi connectivity index (χ2n) is 6.55. The van der Waals surface area contributed by atoms with Crippen molar-refractivity contribution in [3.8, 4) is 11.4 Å². The summed E-state index contributed by atoms with van der Waals surface area (Å²) in [4.78, 5) is 9.54. The molecule has 4 rings (SSSR count). The number of benzene rings is 3. The SMILES string of the molecule is Cc1ccc(-c2nc(NCCc3ccccc3Cl)c3ccccc3n2)cc1. The van der Waals surface area contributed by atoms with Gasteiger partial charge in [0, 0.05) is 22.5 Å². The number of para-hydroxylation sites is 1. The van der Waals surface area contributed by atoms with E-state index in [0.717, 1.165) is 51.7 Å². The zero-order chi connectivity index (χ0) is 18.6. The first-order chi connectivity index (χ1) is 13.2. The fourth-order valence-electron chi connectivity index (χ4n) is 3.06. The number of fused-ring (bicyclic) bond motifs is 1. The molecule has 0 bridgehead atoms. The maximum Gasteiger partial charge on any atom is 0.162 e. The van der Waals surface area contributed by atoms with Crippen LogP contribution in [-0.2, 0) is 6.42 Å². The van der Waals surface area contributed by atoms with Gasteiger partial charge in [-0.3, -0.25) is 0 Å². The van der Waals surface area contributed by atoms with Crippen molar-refractivity contribution >= 4 is 28.3 Å². The van der Waals surface area contributed by atoms with Gasteiger partial charge in [-0.2, -0.15) is 0 Å². The minimum atomic E-state index is 0.731. The Morgan fingerprint density at radius 3 is 2.41 bits per heavy atom. The van der Waals surface area contributed by atoms with Crippen LogP contribution < -0.4 is 5.32 Å². The normalized spacial score (nSPS) is 10.9. The van der Waals surface area contributed by atoms with Gasteiger partial charge in [0.15, 0.2) is 5.82 Å². The summed E-state index contributed by atoms with van der Waals surface area (Å²) < 4.78 is 0. The van der Waals surface area contributed by atoms with Crippen LogP contribution in [0.3, 0.4) is 0 Å². The molecule has 1 heterocycles. The number of halogens is 1. The van der Waals surface area contributed by atoms with Crippen molar-refractivity contribution in [2.45, 2.75) is 13.3 Å². The van der Waals surface area contributed by atoms with Gasteiger partial charge in [-0.25, -0.2) is 9.97 Å². The van der Waals surface area contributed by atoms with E-state index in [4.69, 9.17) is 21.6 Å². The fraction of sp³-hybridized carbons (Fsp3) is 0.130. The van der Waals surface area contributed by atoms with E-state index in [9.17, 15) is 0 Å². The minimum Gasteiger partial charge on any atom is -0.369 e. The van der Waals surface area contributed by atoms with Crippen LogP contribution >= 0.6 is 11.6 Å². The van der Waals surface area contributed by atoms with E-state index in [1.807, 2.05) is 42.5 Å². The van der Waals surface area contributed by atoms with Gasteiger partial charge in [-0.05, 0) is 37.1 Å². The largest absolute Gasteiger partial charge is 0.369 e. The predicted octanol–water partition coefficient (Wildman–Crippen LogP) is 5.91. The number of hydrogen-bond acceptors (Lipinski definition) is 3. The molecule has 3 nitrogen and oxygen atoms in total. The van der Waals surface area contributed by atoms with Crippen LogP contribution in [0.2, 0.25) is 5.02 Å². The molecule has 0 unspecified atom stereocenters. The van der Waals surface area contributed by atoms with Crippen LogP contribution in [0.5, 0.6) is 0 Å². The van der Waals surface area contributed by atoms with Gasteiger partial charge >= 0.3 is 0 Å². The van der Waals surface area contributed by atoms with Crippen molar-refractivity contribution in [2.24, 2.45) is 0 Å². The van der Waals surface area contributed by atoms with Gasteiger partial charge in [-0.1, -0.05) is 71.8 Å². The number of rotatable bonds is 5. The van der Waals surface area contributed by atoms with E-state index in [1.54, 1.807) is 0 Å². The monoisotopic (exact) mass is 373 g/mol. The average Bonchev–Trinajstić information content (AvgIpc) is 2.70. The molecule has 0 aliphatic carbocycles. The van der Waals surface area contributed by atoms with Crippen molar-refractivity contribution in [1.29, 1.82) is 0 Å². The molecule has 3 aromatic carbocycles. The molecule has 0 aliphatic rings. The zero-order valence-electron chi connectivity index (χ0n) is 15.1. The van der Waals surface area contributed by atoms with Gasteiger partial charge < -0.3 is 5.32 Å². The summed E-state index contributed by atoms with van der Waals surface area (Å²) in [5, 5.41) is 5.29. The lowest BCUT2D eigenvalue weighted by Crippen LogP contribution is -2.08. The Labute approximate surface area is 164 Å². The topological polar surface area (TPSA) is 37.8 Å².